The van der Waals surface area contributed by atoms with Crippen LogP contribution in [0.1, 0.15) is 55.0 Å². The molecule has 0 saturated carbocycles. The number of hydrogen-bond donors (Lipinski definition) is 0. The van der Waals surface area contributed by atoms with Gasteiger partial charge in [0.15, 0.2) is 0 Å². The smallest absolute Gasteiger partial charge is 0.00228 e. The molecule has 0 amide bonds. The lowest BCUT2D eigenvalue weighted by Gasteiger charge is -2.23. The van der Waals surface area contributed by atoms with Crippen LogP contribution in [0.4, 0.5) is 0 Å². The summed E-state index contributed by atoms with van der Waals surface area (Å²) >= 11 is 0. The number of allylic oxidation sites excluding steroid dienone is 4. The van der Waals surface area contributed by atoms with Crippen LogP contribution in [-0.4, -0.2) is 0 Å². The molecule has 3 aromatic rings. The van der Waals surface area contributed by atoms with E-state index in [4.69, 9.17) is 0 Å². The summed E-state index contributed by atoms with van der Waals surface area (Å²) in [7, 11) is 0. The fourth-order valence-corrected chi connectivity index (χ4v) is 4.87. The first kappa shape index (κ1) is 23.1. The molecule has 4 rings (SSSR count). The van der Waals surface area contributed by atoms with E-state index >= 15 is 0 Å². The van der Waals surface area contributed by atoms with Gasteiger partial charge in [-0.25, -0.2) is 0 Å². The summed E-state index contributed by atoms with van der Waals surface area (Å²) in [5.41, 5.74) is 14.7. The second kappa shape index (κ2) is 9.79. The van der Waals surface area contributed by atoms with Crippen LogP contribution in [0.5, 0.6) is 0 Å². The first-order chi connectivity index (χ1) is 15.8. The van der Waals surface area contributed by atoms with E-state index in [2.05, 4.69) is 108 Å². The molecule has 0 spiro atoms. The Hall–Kier alpha value is -3.12. The summed E-state index contributed by atoms with van der Waals surface area (Å²) in [6, 6.07) is 24.9. The van der Waals surface area contributed by atoms with E-state index in [0.717, 1.165) is 25.7 Å². The van der Waals surface area contributed by atoms with E-state index in [1.165, 1.54) is 61.2 Å². The second-order valence-corrected chi connectivity index (χ2v) is 9.87. The largest absolute Gasteiger partial charge is 0.0998 e. The van der Waals surface area contributed by atoms with E-state index in [1.807, 2.05) is 0 Å². The predicted octanol–water partition coefficient (Wildman–Crippen LogP) is 8.94. The fraction of sp³-hybridized carbons (Fsp3) is 0.273. The molecule has 1 aliphatic carbocycles. The number of aryl methyl sites for hydroxylation is 2. The van der Waals surface area contributed by atoms with E-state index < -0.39 is 0 Å². The van der Waals surface area contributed by atoms with Crippen LogP contribution in [0.25, 0.3) is 16.7 Å². The minimum Gasteiger partial charge on any atom is -0.0998 e. The molecule has 0 N–H and O–H groups in total. The molecule has 1 atom stereocenters. The number of rotatable bonds is 7. The van der Waals surface area contributed by atoms with Crippen molar-refractivity contribution >= 4 is 5.57 Å². The minimum atomic E-state index is 0.491. The molecular formula is C33H36. The normalized spacial score (nSPS) is 14.2. The maximum absolute atomic E-state index is 4.32. The Morgan fingerprint density at radius 3 is 2.06 bits per heavy atom. The monoisotopic (exact) mass is 432 g/mol. The van der Waals surface area contributed by atoms with Gasteiger partial charge in [0.05, 0.1) is 0 Å². The zero-order chi connectivity index (χ0) is 23.5. The predicted molar refractivity (Wildman–Crippen MR) is 144 cm³/mol. The van der Waals surface area contributed by atoms with Crippen LogP contribution in [0.3, 0.4) is 0 Å². The highest BCUT2D eigenvalue weighted by atomic mass is 14.2. The van der Waals surface area contributed by atoms with Crippen LogP contribution in [-0.2, 0) is 19.3 Å². The number of benzene rings is 3. The summed E-state index contributed by atoms with van der Waals surface area (Å²) in [6.07, 6.45) is 4.23. The van der Waals surface area contributed by atoms with Gasteiger partial charge in [-0.2, -0.15) is 0 Å². The van der Waals surface area contributed by atoms with Crippen LogP contribution in [0.2, 0.25) is 0 Å². The third kappa shape index (κ3) is 5.28. The van der Waals surface area contributed by atoms with Crippen molar-refractivity contribution < 1.29 is 0 Å². The molecule has 3 aromatic carbocycles. The average molecular weight is 433 g/mol. The van der Waals surface area contributed by atoms with Gasteiger partial charge in [-0.1, -0.05) is 91.0 Å². The first-order valence-corrected chi connectivity index (χ1v) is 12.1. The van der Waals surface area contributed by atoms with Crippen molar-refractivity contribution in [2.75, 3.05) is 0 Å². The molecule has 168 valence electrons. The van der Waals surface area contributed by atoms with Gasteiger partial charge < -0.3 is 0 Å². The molecule has 1 unspecified atom stereocenters. The number of hydrogen-bond acceptors (Lipinski definition) is 0. The highest BCUT2D eigenvalue weighted by Gasteiger charge is 2.18. The molecule has 0 radical (unpaired) electrons. The fourth-order valence-electron chi connectivity index (χ4n) is 4.87. The van der Waals surface area contributed by atoms with Gasteiger partial charge >= 0.3 is 0 Å². The molecule has 0 heteroatoms. The molecule has 0 saturated heterocycles. The summed E-state index contributed by atoms with van der Waals surface area (Å²) in [6.45, 7) is 17.3. The molecule has 0 heterocycles. The molecule has 0 aromatic heterocycles. The van der Waals surface area contributed by atoms with Crippen LogP contribution in [0, 0.1) is 12.8 Å². The van der Waals surface area contributed by atoms with Crippen LogP contribution < -0.4 is 0 Å². The SMILES string of the molecule is C=C1Cc2cc(CC(CCc3ccc(-c4ccc(C)cc4)cc3)C(=C)C)ccc2C(C)=C1C. The van der Waals surface area contributed by atoms with Crippen LogP contribution in [0.15, 0.2) is 96.6 Å². The van der Waals surface area contributed by atoms with Crippen LogP contribution >= 0.6 is 0 Å². The highest BCUT2D eigenvalue weighted by molar-refractivity contribution is 5.76. The van der Waals surface area contributed by atoms with E-state index in [1.54, 1.807) is 0 Å². The standard InChI is InChI=1S/C33H36/c1-22(2)31(20-28-12-18-33-26(6)25(5)24(4)19-32(33)21-28)17-11-27-9-15-30(16-10-27)29-13-7-23(3)8-14-29/h7-10,12-16,18,21,31H,1,4,11,17,19-20H2,2-3,5-6H3. The van der Waals surface area contributed by atoms with Crippen molar-refractivity contribution in [1.29, 1.82) is 0 Å². The summed E-state index contributed by atoms with van der Waals surface area (Å²) < 4.78 is 0. The zero-order valence-corrected chi connectivity index (χ0v) is 20.7. The van der Waals surface area contributed by atoms with Gasteiger partial charge in [0, 0.05) is 0 Å². The lowest BCUT2D eigenvalue weighted by Crippen LogP contribution is -2.10. The molecule has 1 aliphatic rings. The van der Waals surface area contributed by atoms with E-state index in [-0.39, 0.29) is 0 Å². The Kier molecular flexibility index (Phi) is 6.84. The second-order valence-electron chi connectivity index (χ2n) is 9.87. The maximum atomic E-state index is 4.32. The topological polar surface area (TPSA) is 0 Å². The van der Waals surface area contributed by atoms with Crippen molar-refractivity contribution in [2.24, 2.45) is 5.92 Å². The number of fused-ring (bicyclic) bond motifs is 1. The van der Waals surface area contributed by atoms with Gasteiger partial charge in [0.2, 0.25) is 0 Å². The third-order valence-electron chi connectivity index (χ3n) is 7.37. The van der Waals surface area contributed by atoms with Crippen molar-refractivity contribution in [3.8, 4) is 11.1 Å². The quantitative estimate of drug-likeness (QED) is 0.327. The first-order valence-electron chi connectivity index (χ1n) is 12.1. The van der Waals surface area contributed by atoms with E-state index in [0.29, 0.717) is 5.92 Å². The lowest BCUT2D eigenvalue weighted by molar-refractivity contribution is 0.558. The zero-order valence-electron chi connectivity index (χ0n) is 20.7. The van der Waals surface area contributed by atoms with Gasteiger partial charge in [-0.15, -0.1) is 0 Å². The molecular weight excluding hydrogens is 396 g/mol. The average Bonchev–Trinajstić information content (AvgIpc) is 2.81. The Morgan fingerprint density at radius 2 is 1.42 bits per heavy atom. The molecule has 0 fully saturated rings. The van der Waals surface area contributed by atoms with Gasteiger partial charge in [-0.05, 0) is 109 Å². The third-order valence-corrected chi connectivity index (χ3v) is 7.37. The molecule has 0 aliphatic heterocycles. The minimum absolute atomic E-state index is 0.491. The molecule has 33 heavy (non-hydrogen) atoms. The van der Waals surface area contributed by atoms with Crippen molar-refractivity contribution in [3.05, 3.63) is 124 Å². The lowest BCUT2D eigenvalue weighted by atomic mass is 9.82. The summed E-state index contributed by atoms with van der Waals surface area (Å²) in [5, 5.41) is 0. The van der Waals surface area contributed by atoms with Crippen molar-refractivity contribution in [1.82, 2.24) is 0 Å². The Bertz CT molecular complexity index is 1200. The van der Waals surface area contributed by atoms with Crippen molar-refractivity contribution in [2.45, 2.75) is 53.4 Å². The van der Waals surface area contributed by atoms with Crippen molar-refractivity contribution in [3.63, 3.8) is 0 Å². The Morgan fingerprint density at radius 1 is 0.818 bits per heavy atom. The van der Waals surface area contributed by atoms with E-state index in [9.17, 15) is 0 Å². The van der Waals surface area contributed by atoms with Gasteiger partial charge in [0.1, 0.15) is 0 Å². The summed E-state index contributed by atoms with van der Waals surface area (Å²) in [5.74, 6) is 0.491. The summed E-state index contributed by atoms with van der Waals surface area (Å²) in [4.78, 5) is 0. The highest BCUT2D eigenvalue weighted by Crippen LogP contribution is 2.34. The van der Waals surface area contributed by atoms with Gasteiger partial charge in [0.25, 0.3) is 0 Å². The maximum Gasteiger partial charge on any atom is -0.00228 e. The molecule has 0 nitrogen and oxygen atoms in total. The molecule has 0 bridgehead atoms. The Balaban J connectivity index is 1.43. The van der Waals surface area contributed by atoms with Gasteiger partial charge in [-0.3, -0.25) is 0 Å². The Labute approximate surface area is 200 Å².